The Labute approximate surface area is 98.7 Å². The highest BCUT2D eigenvalue weighted by atomic mass is 15.2. The van der Waals surface area contributed by atoms with Gasteiger partial charge in [0.25, 0.3) is 0 Å². The second kappa shape index (κ2) is 4.88. The van der Waals surface area contributed by atoms with E-state index in [1.54, 1.807) is 0 Å². The second-order valence-corrected chi connectivity index (χ2v) is 4.96. The molecule has 2 nitrogen and oxygen atoms in total. The molecule has 1 saturated heterocycles. The first-order chi connectivity index (χ1) is 7.70. The van der Waals surface area contributed by atoms with Crippen LogP contribution in [0.25, 0.3) is 0 Å². The highest BCUT2D eigenvalue weighted by Crippen LogP contribution is 2.28. The lowest BCUT2D eigenvalue weighted by Gasteiger charge is -2.37. The van der Waals surface area contributed by atoms with Gasteiger partial charge in [0, 0.05) is 31.4 Å². The minimum absolute atomic E-state index is 0.591. The summed E-state index contributed by atoms with van der Waals surface area (Å²) >= 11 is 0. The summed E-state index contributed by atoms with van der Waals surface area (Å²) in [6.45, 7) is 10.1. The van der Waals surface area contributed by atoms with Crippen molar-refractivity contribution in [2.75, 3.05) is 24.5 Å². The maximum absolute atomic E-state index is 3.44. The van der Waals surface area contributed by atoms with Crippen molar-refractivity contribution in [3.8, 4) is 0 Å². The highest BCUT2D eigenvalue weighted by Gasteiger charge is 2.20. The molecule has 0 aromatic heterocycles. The average Bonchev–Trinajstić information content (AvgIpc) is 2.29. The molecule has 1 N–H and O–H groups in total. The normalized spacial score (nSPS) is 21.5. The van der Waals surface area contributed by atoms with Gasteiger partial charge in [-0.2, -0.15) is 0 Å². The van der Waals surface area contributed by atoms with Gasteiger partial charge in [-0.3, -0.25) is 0 Å². The van der Waals surface area contributed by atoms with Gasteiger partial charge in [0.05, 0.1) is 0 Å². The van der Waals surface area contributed by atoms with Crippen molar-refractivity contribution in [1.82, 2.24) is 5.32 Å². The van der Waals surface area contributed by atoms with Gasteiger partial charge >= 0.3 is 0 Å². The Morgan fingerprint density at radius 1 is 1.31 bits per heavy atom. The number of hydrogen-bond donors (Lipinski definition) is 1. The summed E-state index contributed by atoms with van der Waals surface area (Å²) in [6, 6.07) is 9.40. The molecule has 0 spiro atoms. The maximum Gasteiger partial charge on any atom is 0.0404 e. The van der Waals surface area contributed by atoms with Gasteiger partial charge in [-0.1, -0.05) is 32.0 Å². The van der Waals surface area contributed by atoms with E-state index in [4.69, 9.17) is 0 Å². The summed E-state index contributed by atoms with van der Waals surface area (Å²) in [5.41, 5.74) is 2.89. The number of anilines is 1. The lowest BCUT2D eigenvalue weighted by molar-refractivity contribution is 0.499. The highest BCUT2D eigenvalue weighted by molar-refractivity contribution is 5.56. The predicted molar refractivity (Wildman–Crippen MR) is 70.2 cm³/mol. The van der Waals surface area contributed by atoms with E-state index in [0.29, 0.717) is 12.0 Å². The van der Waals surface area contributed by atoms with Crippen LogP contribution in [0.4, 0.5) is 5.69 Å². The zero-order chi connectivity index (χ0) is 11.5. The molecule has 1 fully saturated rings. The predicted octanol–water partition coefficient (Wildman–Crippen LogP) is 2.61. The fraction of sp³-hybridized carbons (Fsp3) is 0.571. The molecule has 0 radical (unpaired) electrons. The maximum atomic E-state index is 3.44. The Balaban J connectivity index is 2.31. The summed E-state index contributed by atoms with van der Waals surface area (Å²) in [7, 11) is 0. The Kier molecular flexibility index (Phi) is 3.49. The van der Waals surface area contributed by atoms with Crippen LogP contribution in [0.1, 0.15) is 32.3 Å². The topological polar surface area (TPSA) is 15.3 Å². The summed E-state index contributed by atoms with van der Waals surface area (Å²) < 4.78 is 0. The second-order valence-electron chi connectivity index (χ2n) is 4.96. The molecule has 1 atom stereocenters. The summed E-state index contributed by atoms with van der Waals surface area (Å²) in [5.74, 6) is 0.596. The van der Waals surface area contributed by atoms with Crippen molar-refractivity contribution in [3.63, 3.8) is 0 Å². The van der Waals surface area contributed by atoms with E-state index in [0.717, 1.165) is 19.6 Å². The van der Waals surface area contributed by atoms with Crippen LogP contribution < -0.4 is 10.2 Å². The SMILES string of the molecule is CC(C)c1ccccc1N1CCNCC1C. The minimum Gasteiger partial charge on any atom is -0.366 e. The van der Waals surface area contributed by atoms with Crippen LogP contribution in [-0.2, 0) is 0 Å². The van der Waals surface area contributed by atoms with E-state index in [9.17, 15) is 0 Å². The molecule has 1 unspecified atom stereocenters. The van der Waals surface area contributed by atoms with Crippen molar-refractivity contribution < 1.29 is 0 Å². The average molecular weight is 218 g/mol. The van der Waals surface area contributed by atoms with E-state index >= 15 is 0 Å². The molecule has 1 aliphatic heterocycles. The number of rotatable bonds is 2. The molecule has 0 saturated carbocycles. The van der Waals surface area contributed by atoms with E-state index < -0.39 is 0 Å². The number of hydrogen-bond acceptors (Lipinski definition) is 2. The molecule has 16 heavy (non-hydrogen) atoms. The smallest absolute Gasteiger partial charge is 0.0404 e. The molecule has 88 valence electrons. The van der Waals surface area contributed by atoms with E-state index in [1.165, 1.54) is 11.3 Å². The van der Waals surface area contributed by atoms with Gasteiger partial charge in [0.2, 0.25) is 0 Å². The van der Waals surface area contributed by atoms with Crippen LogP contribution >= 0.6 is 0 Å². The quantitative estimate of drug-likeness (QED) is 0.821. The molecule has 1 aromatic carbocycles. The van der Waals surface area contributed by atoms with E-state index in [2.05, 4.69) is 55.3 Å². The third-order valence-electron chi connectivity index (χ3n) is 3.37. The molecule has 0 aliphatic carbocycles. The molecule has 1 heterocycles. The number of piperazine rings is 1. The summed E-state index contributed by atoms with van der Waals surface area (Å²) in [4.78, 5) is 2.53. The molecule has 1 aromatic rings. The van der Waals surface area contributed by atoms with E-state index in [1.807, 2.05) is 0 Å². The Bertz CT molecular complexity index is 346. The number of nitrogens with zero attached hydrogens (tertiary/aromatic N) is 1. The summed E-state index contributed by atoms with van der Waals surface area (Å²) in [5, 5.41) is 3.44. The zero-order valence-electron chi connectivity index (χ0n) is 10.5. The van der Waals surface area contributed by atoms with Crippen LogP contribution in [0.15, 0.2) is 24.3 Å². The first-order valence-electron chi connectivity index (χ1n) is 6.26. The molecular weight excluding hydrogens is 196 g/mol. The van der Waals surface area contributed by atoms with Crippen LogP contribution in [-0.4, -0.2) is 25.7 Å². The number of benzene rings is 1. The van der Waals surface area contributed by atoms with E-state index in [-0.39, 0.29) is 0 Å². The zero-order valence-corrected chi connectivity index (χ0v) is 10.5. The van der Waals surface area contributed by atoms with Gasteiger partial charge in [0.1, 0.15) is 0 Å². The third-order valence-corrected chi connectivity index (χ3v) is 3.37. The molecule has 2 rings (SSSR count). The lowest BCUT2D eigenvalue weighted by atomic mass is 9.99. The van der Waals surface area contributed by atoms with Gasteiger partial charge in [-0.15, -0.1) is 0 Å². The van der Waals surface area contributed by atoms with Crippen molar-refractivity contribution in [2.45, 2.75) is 32.7 Å². The first-order valence-corrected chi connectivity index (χ1v) is 6.26. The van der Waals surface area contributed by atoms with Crippen LogP contribution in [0, 0.1) is 0 Å². The van der Waals surface area contributed by atoms with Crippen LogP contribution in [0.2, 0.25) is 0 Å². The fourth-order valence-corrected chi connectivity index (χ4v) is 2.44. The van der Waals surface area contributed by atoms with Crippen molar-refractivity contribution in [1.29, 1.82) is 0 Å². The summed E-state index contributed by atoms with van der Waals surface area (Å²) in [6.07, 6.45) is 0. The largest absolute Gasteiger partial charge is 0.366 e. The Morgan fingerprint density at radius 3 is 2.75 bits per heavy atom. The molecular formula is C14H22N2. The van der Waals surface area contributed by atoms with Gasteiger partial charge in [-0.25, -0.2) is 0 Å². The van der Waals surface area contributed by atoms with Gasteiger partial charge in [-0.05, 0) is 24.5 Å². The van der Waals surface area contributed by atoms with Crippen molar-refractivity contribution in [2.24, 2.45) is 0 Å². The number of para-hydroxylation sites is 1. The van der Waals surface area contributed by atoms with Gasteiger partial charge in [0.15, 0.2) is 0 Å². The lowest BCUT2D eigenvalue weighted by Crippen LogP contribution is -2.50. The van der Waals surface area contributed by atoms with Crippen molar-refractivity contribution >= 4 is 5.69 Å². The molecule has 0 amide bonds. The first kappa shape index (κ1) is 11.5. The van der Waals surface area contributed by atoms with Crippen LogP contribution in [0.5, 0.6) is 0 Å². The monoisotopic (exact) mass is 218 g/mol. The minimum atomic E-state index is 0.591. The van der Waals surface area contributed by atoms with Gasteiger partial charge < -0.3 is 10.2 Å². The van der Waals surface area contributed by atoms with Crippen molar-refractivity contribution in [3.05, 3.63) is 29.8 Å². The number of nitrogens with one attached hydrogen (secondary N) is 1. The molecule has 1 aliphatic rings. The third kappa shape index (κ3) is 2.22. The standard InChI is InChI=1S/C14H22N2/c1-11(2)13-6-4-5-7-14(13)16-9-8-15-10-12(16)3/h4-7,11-12,15H,8-10H2,1-3H3. The Morgan fingerprint density at radius 2 is 2.06 bits per heavy atom. The fourth-order valence-electron chi connectivity index (χ4n) is 2.44. The molecule has 2 heteroatoms. The van der Waals surface area contributed by atoms with Crippen LogP contribution in [0.3, 0.4) is 0 Å². The molecule has 0 bridgehead atoms. The Hall–Kier alpha value is -1.02.